The molecule has 0 unspecified atom stereocenters. The number of carbonyl (C=O) groups excluding carboxylic acids is 1. The zero-order valence-electron chi connectivity index (χ0n) is 8.44. The Hall–Kier alpha value is -0.616. The zero-order valence-corrected chi connectivity index (χ0v) is 9.43. The van der Waals surface area contributed by atoms with Gasteiger partial charge in [-0.05, 0) is 6.42 Å². The minimum atomic E-state index is 0. The predicted octanol–water partition coefficient (Wildman–Crippen LogP) is 3.45. The fraction of sp³-hybridized carbons (Fsp3) is 0.417. The molecule has 0 bridgehead atoms. The van der Waals surface area contributed by atoms with E-state index in [1.165, 1.54) is 6.42 Å². The van der Waals surface area contributed by atoms with Crippen LogP contribution in [0.2, 0.25) is 0 Å². The van der Waals surface area contributed by atoms with Crippen molar-refractivity contribution in [3.8, 4) is 0 Å². The van der Waals surface area contributed by atoms with Crippen LogP contribution in [-0.2, 0) is 16.5 Å². The molecule has 0 amide bonds. The molecule has 80 valence electrons. The van der Waals surface area contributed by atoms with Gasteiger partial charge in [0, 0.05) is 28.5 Å². The van der Waals surface area contributed by atoms with Crippen LogP contribution in [0.5, 0.6) is 0 Å². The van der Waals surface area contributed by atoms with Crippen molar-refractivity contribution < 1.29 is 21.3 Å². The fourth-order valence-electron chi connectivity index (χ4n) is 1.30. The van der Waals surface area contributed by atoms with Gasteiger partial charge in [-0.2, -0.15) is 0 Å². The molecule has 0 atom stereocenters. The van der Waals surface area contributed by atoms with Crippen molar-refractivity contribution in [1.82, 2.24) is 0 Å². The maximum atomic E-state index is 11.5. The average molecular weight is 235 g/mol. The maximum absolute atomic E-state index is 11.5. The number of hydrogen-bond acceptors (Lipinski definition) is 1. The number of unbranched alkanes of at least 4 members (excludes halogenated alkanes) is 2. The van der Waals surface area contributed by atoms with Crippen molar-refractivity contribution in [2.75, 3.05) is 0 Å². The van der Waals surface area contributed by atoms with E-state index in [4.69, 9.17) is 0 Å². The average Bonchev–Trinajstić information content (AvgIpc) is 2.19. The Morgan fingerprint density at radius 2 is 1.79 bits per heavy atom. The van der Waals surface area contributed by atoms with Crippen LogP contribution >= 0.6 is 0 Å². The number of ketones is 1. The zero-order chi connectivity index (χ0) is 9.52. The summed E-state index contributed by atoms with van der Waals surface area (Å²) in [4.78, 5) is 11.5. The van der Waals surface area contributed by atoms with E-state index in [0.29, 0.717) is 6.42 Å². The summed E-state index contributed by atoms with van der Waals surface area (Å²) < 4.78 is 0. The van der Waals surface area contributed by atoms with Crippen LogP contribution in [0.1, 0.15) is 43.0 Å². The Bertz CT molecular complexity index is 256. The minimum absolute atomic E-state index is 0. The second-order valence-corrected chi connectivity index (χ2v) is 3.25. The molecule has 0 fully saturated rings. The van der Waals surface area contributed by atoms with Gasteiger partial charge in [0.2, 0.25) is 0 Å². The maximum Gasteiger partial charge on any atom is 0.162 e. The third-order valence-corrected chi connectivity index (χ3v) is 2.10. The van der Waals surface area contributed by atoms with Crippen molar-refractivity contribution >= 4 is 5.78 Å². The molecule has 0 heterocycles. The van der Waals surface area contributed by atoms with Gasteiger partial charge >= 0.3 is 0 Å². The molecule has 0 radical (unpaired) electrons. The predicted molar refractivity (Wildman–Crippen MR) is 54.9 cm³/mol. The van der Waals surface area contributed by atoms with Crippen LogP contribution in [0.4, 0.5) is 0 Å². The van der Waals surface area contributed by atoms with Crippen molar-refractivity contribution in [1.29, 1.82) is 0 Å². The molecule has 0 aliphatic heterocycles. The first-order valence-corrected chi connectivity index (χ1v) is 4.93. The van der Waals surface area contributed by atoms with Crippen molar-refractivity contribution in [2.45, 2.75) is 32.6 Å². The summed E-state index contributed by atoms with van der Waals surface area (Å²) in [6.07, 6.45) is 4.03. The first-order chi connectivity index (χ1) is 6.34. The van der Waals surface area contributed by atoms with E-state index in [1.807, 2.05) is 30.3 Å². The SMILES string of the molecule is CCCCCC(=O)c1ccccc1.[Ni]. The first kappa shape index (κ1) is 13.4. The second-order valence-electron chi connectivity index (χ2n) is 3.25. The molecule has 0 aromatic heterocycles. The number of Topliss-reactive ketones (excluding diaryl/α,β-unsaturated/α-hetero) is 1. The van der Waals surface area contributed by atoms with Gasteiger partial charge in [-0.3, -0.25) is 4.79 Å². The third-order valence-electron chi connectivity index (χ3n) is 2.10. The molecule has 0 saturated carbocycles. The molecular weight excluding hydrogens is 219 g/mol. The van der Waals surface area contributed by atoms with E-state index >= 15 is 0 Å². The van der Waals surface area contributed by atoms with Gasteiger partial charge in [0.25, 0.3) is 0 Å². The molecule has 0 saturated heterocycles. The minimum Gasteiger partial charge on any atom is -0.294 e. The molecule has 0 aliphatic carbocycles. The van der Waals surface area contributed by atoms with Crippen molar-refractivity contribution in [3.63, 3.8) is 0 Å². The molecule has 1 aromatic carbocycles. The fourth-order valence-corrected chi connectivity index (χ4v) is 1.30. The molecule has 1 rings (SSSR count). The summed E-state index contributed by atoms with van der Waals surface area (Å²) in [6.45, 7) is 2.15. The smallest absolute Gasteiger partial charge is 0.162 e. The van der Waals surface area contributed by atoms with Crippen molar-refractivity contribution in [3.05, 3.63) is 35.9 Å². The van der Waals surface area contributed by atoms with Crippen molar-refractivity contribution in [2.24, 2.45) is 0 Å². The van der Waals surface area contributed by atoms with Crippen LogP contribution in [0.3, 0.4) is 0 Å². The second kappa shape index (κ2) is 7.76. The van der Waals surface area contributed by atoms with E-state index in [2.05, 4.69) is 6.92 Å². The van der Waals surface area contributed by atoms with Crippen LogP contribution in [0.15, 0.2) is 30.3 Å². The van der Waals surface area contributed by atoms with Gasteiger partial charge in [0.1, 0.15) is 0 Å². The monoisotopic (exact) mass is 234 g/mol. The van der Waals surface area contributed by atoms with Gasteiger partial charge in [0.05, 0.1) is 0 Å². The molecule has 0 spiro atoms. The van der Waals surface area contributed by atoms with Gasteiger partial charge in [-0.1, -0.05) is 50.1 Å². The first-order valence-electron chi connectivity index (χ1n) is 4.93. The number of rotatable bonds is 5. The third kappa shape index (κ3) is 4.57. The molecule has 0 N–H and O–H groups in total. The van der Waals surface area contributed by atoms with E-state index in [-0.39, 0.29) is 22.3 Å². The Morgan fingerprint density at radius 1 is 1.14 bits per heavy atom. The summed E-state index contributed by atoms with van der Waals surface area (Å²) in [6, 6.07) is 9.52. The van der Waals surface area contributed by atoms with E-state index in [9.17, 15) is 4.79 Å². The van der Waals surface area contributed by atoms with Gasteiger partial charge < -0.3 is 0 Å². The number of carbonyl (C=O) groups is 1. The largest absolute Gasteiger partial charge is 0.294 e. The summed E-state index contributed by atoms with van der Waals surface area (Å²) >= 11 is 0. The Balaban J connectivity index is 0.00000169. The van der Waals surface area contributed by atoms with E-state index < -0.39 is 0 Å². The Morgan fingerprint density at radius 3 is 2.36 bits per heavy atom. The summed E-state index contributed by atoms with van der Waals surface area (Å²) in [7, 11) is 0. The number of hydrogen-bond donors (Lipinski definition) is 0. The van der Waals surface area contributed by atoms with Crippen LogP contribution in [-0.4, -0.2) is 5.78 Å². The normalized spacial score (nSPS) is 9.21. The summed E-state index contributed by atoms with van der Waals surface area (Å²) in [5, 5.41) is 0. The Labute approximate surface area is 95.8 Å². The molecule has 2 heteroatoms. The van der Waals surface area contributed by atoms with E-state index in [0.717, 1.165) is 18.4 Å². The van der Waals surface area contributed by atoms with Crippen LogP contribution in [0, 0.1) is 0 Å². The topological polar surface area (TPSA) is 17.1 Å². The molecule has 14 heavy (non-hydrogen) atoms. The molecule has 0 aliphatic rings. The molecule has 1 nitrogen and oxygen atoms in total. The van der Waals surface area contributed by atoms with Gasteiger partial charge in [-0.15, -0.1) is 0 Å². The quantitative estimate of drug-likeness (QED) is 0.434. The van der Waals surface area contributed by atoms with Gasteiger partial charge in [0.15, 0.2) is 5.78 Å². The molecule has 1 aromatic rings. The van der Waals surface area contributed by atoms with Crippen LogP contribution < -0.4 is 0 Å². The summed E-state index contributed by atoms with van der Waals surface area (Å²) in [5.74, 6) is 0.272. The Kier molecular flexibility index (Phi) is 7.41. The number of benzene rings is 1. The van der Waals surface area contributed by atoms with E-state index in [1.54, 1.807) is 0 Å². The standard InChI is InChI=1S/C12H16O.Ni/c1-2-3-5-10-12(13)11-8-6-4-7-9-11;/h4,6-9H,2-3,5,10H2,1H3;. The van der Waals surface area contributed by atoms with Crippen LogP contribution in [0.25, 0.3) is 0 Å². The molecular formula is C12H16NiO. The summed E-state index contributed by atoms with van der Waals surface area (Å²) in [5.41, 5.74) is 0.846. The van der Waals surface area contributed by atoms with Gasteiger partial charge in [-0.25, -0.2) is 0 Å².